The summed E-state index contributed by atoms with van der Waals surface area (Å²) in [4.78, 5) is 25.7. The van der Waals surface area contributed by atoms with Crippen LogP contribution in [0.3, 0.4) is 0 Å². The average molecular weight is 267 g/mol. The molecule has 0 spiro atoms. The quantitative estimate of drug-likeness (QED) is 0.735. The zero-order chi connectivity index (χ0) is 14.6. The number of amides is 1. The van der Waals surface area contributed by atoms with Gasteiger partial charge in [0.05, 0.1) is 0 Å². The van der Waals surface area contributed by atoms with Crippen molar-refractivity contribution in [3.05, 3.63) is 12.7 Å². The fourth-order valence-electron chi connectivity index (χ4n) is 2.47. The molecule has 0 aromatic heterocycles. The minimum atomic E-state index is -0.506. The van der Waals surface area contributed by atoms with Crippen LogP contribution in [-0.4, -0.2) is 35.0 Å². The Morgan fingerprint density at radius 1 is 1.53 bits per heavy atom. The molecule has 0 aliphatic heterocycles. The third-order valence-corrected chi connectivity index (χ3v) is 3.31. The molecular weight excluding hydrogens is 242 g/mol. The van der Waals surface area contributed by atoms with Crippen LogP contribution in [0.1, 0.15) is 47.0 Å². The van der Waals surface area contributed by atoms with Crippen LogP contribution in [0.4, 0.5) is 4.79 Å². The molecule has 1 aliphatic rings. The Balaban J connectivity index is 2.69. The fourth-order valence-corrected chi connectivity index (χ4v) is 2.47. The van der Waals surface area contributed by atoms with Gasteiger partial charge in [-0.2, -0.15) is 0 Å². The van der Waals surface area contributed by atoms with Crippen LogP contribution in [0, 0.1) is 5.92 Å². The number of rotatable bonds is 4. The van der Waals surface area contributed by atoms with Gasteiger partial charge in [0, 0.05) is 24.9 Å². The summed E-state index contributed by atoms with van der Waals surface area (Å²) < 4.78 is 5.39. The van der Waals surface area contributed by atoms with Gasteiger partial charge in [0.1, 0.15) is 11.4 Å². The van der Waals surface area contributed by atoms with E-state index in [1.165, 1.54) is 0 Å². The molecule has 0 bridgehead atoms. The van der Waals surface area contributed by atoms with Crippen LogP contribution < -0.4 is 0 Å². The maximum atomic E-state index is 12.1. The second kappa shape index (κ2) is 6.22. The summed E-state index contributed by atoms with van der Waals surface area (Å²) in [6.07, 6.45) is 3.30. The van der Waals surface area contributed by atoms with Crippen LogP contribution in [-0.2, 0) is 9.53 Å². The van der Waals surface area contributed by atoms with E-state index in [9.17, 15) is 9.59 Å². The van der Waals surface area contributed by atoms with Crippen molar-refractivity contribution in [3.8, 4) is 0 Å². The first kappa shape index (κ1) is 15.7. The van der Waals surface area contributed by atoms with E-state index in [-0.39, 0.29) is 23.8 Å². The lowest BCUT2D eigenvalue weighted by atomic mass is 10.0. The van der Waals surface area contributed by atoms with Gasteiger partial charge in [-0.3, -0.25) is 4.79 Å². The Labute approximate surface area is 115 Å². The molecule has 1 aliphatic carbocycles. The first-order valence-electron chi connectivity index (χ1n) is 6.91. The Morgan fingerprint density at radius 2 is 2.16 bits per heavy atom. The van der Waals surface area contributed by atoms with E-state index in [1.807, 2.05) is 27.7 Å². The number of hydrogen-bond acceptors (Lipinski definition) is 3. The van der Waals surface area contributed by atoms with E-state index in [4.69, 9.17) is 4.74 Å². The monoisotopic (exact) mass is 267 g/mol. The number of carbonyl (C=O) groups excluding carboxylic acids is 2. The van der Waals surface area contributed by atoms with Crippen molar-refractivity contribution in [1.82, 2.24) is 4.90 Å². The molecule has 108 valence electrons. The van der Waals surface area contributed by atoms with Crippen LogP contribution in [0.25, 0.3) is 0 Å². The molecule has 0 N–H and O–H groups in total. The summed E-state index contributed by atoms with van der Waals surface area (Å²) in [6.45, 7) is 11.7. The van der Waals surface area contributed by atoms with E-state index in [0.29, 0.717) is 19.4 Å². The van der Waals surface area contributed by atoms with Crippen molar-refractivity contribution in [1.29, 1.82) is 0 Å². The first-order chi connectivity index (χ1) is 8.78. The Bertz CT molecular complexity index is 357. The molecule has 4 heteroatoms. The zero-order valence-electron chi connectivity index (χ0n) is 12.4. The maximum Gasteiger partial charge on any atom is 0.410 e. The number of allylic oxidation sites excluding steroid dienone is 1. The molecule has 0 heterocycles. The van der Waals surface area contributed by atoms with Gasteiger partial charge in [-0.15, -0.1) is 6.58 Å². The Kier molecular flexibility index (Phi) is 5.15. The molecule has 1 fully saturated rings. The van der Waals surface area contributed by atoms with E-state index in [1.54, 1.807) is 11.0 Å². The predicted molar refractivity (Wildman–Crippen MR) is 74.9 cm³/mol. The molecule has 2 atom stereocenters. The van der Waals surface area contributed by atoms with Gasteiger partial charge in [-0.1, -0.05) is 6.08 Å². The van der Waals surface area contributed by atoms with E-state index in [0.717, 1.165) is 6.42 Å². The summed E-state index contributed by atoms with van der Waals surface area (Å²) in [5.74, 6) is 0.242. The number of nitrogens with zero attached hydrogens (tertiary/aromatic N) is 1. The van der Waals surface area contributed by atoms with Crippen LogP contribution >= 0.6 is 0 Å². The summed E-state index contributed by atoms with van der Waals surface area (Å²) in [5.41, 5.74) is -0.506. The summed E-state index contributed by atoms with van der Waals surface area (Å²) >= 11 is 0. The molecule has 0 radical (unpaired) electrons. The van der Waals surface area contributed by atoms with Gasteiger partial charge < -0.3 is 9.64 Å². The standard InChI is InChI=1S/C15H25NO3/c1-6-8-11-9-12(10-13(11)17)16(7-2)14(18)19-15(3,4)5/h6,11-12H,1,7-10H2,2-5H3. The van der Waals surface area contributed by atoms with Gasteiger partial charge in [0.15, 0.2) is 0 Å². The lowest BCUT2D eigenvalue weighted by molar-refractivity contribution is -0.120. The molecule has 19 heavy (non-hydrogen) atoms. The second-order valence-electron chi connectivity index (χ2n) is 6.05. The molecule has 1 rings (SSSR count). The van der Waals surface area contributed by atoms with E-state index >= 15 is 0 Å². The van der Waals surface area contributed by atoms with Crippen molar-refractivity contribution < 1.29 is 14.3 Å². The third kappa shape index (κ3) is 4.37. The van der Waals surface area contributed by atoms with Crippen molar-refractivity contribution in [2.75, 3.05) is 6.54 Å². The topological polar surface area (TPSA) is 46.6 Å². The first-order valence-corrected chi connectivity index (χ1v) is 6.91. The van der Waals surface area contributed by atoms with Crippen LogP contribution in [0.5, 0.6) is 0 Å². The summed E-state index contributed by atoms with van der Waals surface area (Å²) in [7, 11) is 0. The highest BCUT2D eigenvalue weighted by molar-refractivity contribution is 5.85. The Morgan fingerprint density at radius 3 is 2.63 bits per heavy atom. The Hall–Kier alpha value is -1.32. The fraction of sp³-hybridized carbons (Fsp3) is 0.733. The number of ketones is 1. The summed E-state index contributed by atoms with van der Waals surface area (Å²) in [6, 6.07) is -0.0303. The number of Topliss-reactive ketones (excluding diaryl/α,β-unsaturated/α-hetero) is 1. The molecular formula is C15H25NO3. The predicted octanol–water partition coefficient (Wildman–Crippen LogP) is 3.17. The normalized spacial score (nSPS) is 23.3. The highest BCUT2D eigenvalue weighted by Gasteiger charge is 2.37. The number of hydrogen-bond donors (Lipinski definition) is 0. The lowest BCUT2D eigenvalue weighted by Gasteiger charge is -2.30. The second-order valence-corrected chi connectivity index (χ2v) is 6.05. The van der Waals surface area contributed by atoms with Gasteiger partial charge in [-0.05, 0) is 40.5 Å². The van der Waals surface area contributed by atoms with Gasteiger partial charge in [0.2, 0.25) is 0 Å². The van der Waals surface area contributed by atoms with Gasteiger partial charge in [-0.25, -0.2) is 4.79 Å². The summed E-state index contributed by atoms with van der Waals surface area (Å²) in [5, 5.41) is 0. The van der Waals surface area contributed by atoms with Gasteiger partial charge in [0.25, 0.3) is 0 Å². The molecule has 4 nitrogen and oxygen atoms in total. The SMILES string of the molecule is C=CCC1CC(N(CC)C(=O)OC(C)(C)C)CC1=O. The van der Waals surface area contributed by atoms with Crippen molar-refractivity contribution in [2.24, 2.45) is 5.92 Å². The highest BCUT2D eigenvalue weighted by Crippen LogP contribution is 2.29. The van der Waals surface area contributed by atoms with E-state index in [2.05, 4.69) is 6.58 Å². The van der Waals surface area contributed by atoms with Crippen molar-refractivity contribution in [2.45, 2.75) is 58.6 Å². The van der Waals surface area contributed by atoms with E-state index < -0.39 is 5.60 Å². The molecule has 0 saturated heterocycles. The maximum absolute atomic E-state index is 12.1. The van der Waals surface area contributed by atoms with Crippen LogP contribution in [0.2, 0.25) is 0 Å². The molecule has 0 aromatic rings. The van der Waals surface area contributed by atoms with Gasteiger partial charge >= 0.3 is 6.09 Å². The molecule has 2 unspecified atom stereocenters. The minimum Gasteiger partial charge on any atom is -0.444 e. The number of carbonyl (C=O) groups is 2. The van der Waals surface area contributed by atoms with Crippen molar-refractivity contribution >= 4 is 11.9 Å². The average Bonchev–Trinajstić information content (AvgIpc) is 2.59. The number of ether oxygens (including phenoxy) is 1. The molecule has 1 saturated carbocycles. The molecule has 1 amide bonds. The van der Waals surface area contributed by atoms with Crippen LogP contribution in [0.15, 0.2) is 12.7 Å². The molecule has 0 aromatic carbocycles. The highest BCUT2D eigenvalue weighted by atomic mass is 16.6. The van der Waals surface area contributed by atoms with Crippen molar-refractivity contribution in [3.63, 3.8) is 0 Å². The smallest absolute Gasteiger partial charge is 0.410 e. The third-order valence-electron chi connectivity index (χ3n) is 3.31. The largest absolute Gasteiger partial charge is 0.444 e. The zero-order valence-corrected chi connectivity index (χ0v) is 12.4. The minimum absolute atomic E-state index is 0.0130. The lowest BCUT2D eigenvalue weighted by Crippen LogP contribution is -2.42.